The van der Waals surface area contributed by atoms with Crippen molar-refractivity contribution in [2.45, 2.75) is 0 Å². The van der Waals surface area contributed by atoms with Gasteiger partial charge >= 0.3 is 0 Å². The van der Waals surface area contributed by atoms with E-state index in [4.69, 9.17) is 10.00 Å². The number of amides is 1. The van der Waals surface area contributed by atoms with E-state index in [2.05, 4.69) is 37.4 Å². The summed E-state index contributed by atoms with van der Waals surface area (Å²) in [4.78, 5) is 31.3. The third-order valence-electron chi connectivity index (χ3n) is 5.34. The lowest BCUT2D eigenvalue weighted by Crippen LogP contribution is -2.13. The number of carbonyl (C=O) groups is 1. The van der Waals surface area contributed by atoms with E-state index in [1.807, 2.05) is 0 Å². The summed E-state index contributed by atoms with van der Waals surface area (Å²) < 4.78 is 5.44. The summed E-state index contributed by atoms with van der Waals surface area (Å²) in [5.41, 5.74) is 4.43. The molecule has 3 aromatic heterocycles. The molecule has 9 nitrogen and oxygen atoms in total. The number of benzene rings is 2. The molecule has 2 aromatic carbocycles. The number of pyridine rings is 1. The molecule has 3 heterocycles. The number of nitriles is 2. The highest BCUT2D eigenvalue weighted by atomic mass is 32.1. The smallest absolute Gasteiger partial charge is 0.258 e. The first kappa shape index (κ1) is 22.6. The van der Waals surface area contributed by atoms with Gasteiger partial charge in [-0.15, -0.1) is 0 Å². The topological polar surface area (TPSA) is 137 Å². The minimum Gasteiger partial charge on any atom is -0.496 e. The average Bonchev–Trinajstić information content (AvgIpc) is 3.34. The van der Waals surface area contributed by atoms with Crippen LogP contribution in [0.3, 0.4) is 0 Å². The molecule has 0 aliphatic heterocycles. The van der Waals surface area contributed by atoms with Crippen LogP contribution in [0.5, 0.6) is 5.75 Å². The van der Waals surface area contributed by atoms with Gasteiger partial charge in [0.05, 0.1) is 47.8 Å². The molecular formula is C26H15N7O2S. The monoisotopic (exact) mass is 489 g/mol. The van der Waals surface area contributed by atoms with Crippen LogP contribution in [0.1, 0.15) is 21.5 Å². The van der Waals surface area contributed by atoms with Crippen LogP contribution in [0.25, 0.3) is 32.9 Å². The number of anilines is 1. The minimum atomic E-state index is -0.384. The Morgan fingerprint density at radius 2 is 1.75 bits per heavy atom. The lowest BCUT2D eigenvalue weighted by molar-refractivity contribution is 0.102. The largest absolute Gasteiger partial charge is 0.496 e. The predicted octanol–water partition coefficient (Wildman–Crippen LogP) is 4.82. The Bertz CT molecular complexity index is 1700. The molecule has 0 aliphatic rings. The fraction of sp³-hybridized carbons (Fsp3) is 0.0385. The molecule has 0 saturated heterocycles. The molecule has 5 aromatic rings. The number of fused-ring (bicyclic) bond motifs is 1. The molecule has 10 heteroatoms. The van der Waals surface area contributed by atoms with Gasteiger partial charge in [0.2, 0.25) is 0 Å². The van der Waals surface area contributed by atoms with Crippen molar-refractivity contribution in [1.82, 2.24) is 19.9 Å². The predicted molar refractivity (Wildman–Crippen MR) is 134 cm³/mol. The van der Waals surface area contributed by atoms with Crippen LogP contribution in [0.2, 0.25) is 0 Å². The van der Waals surface area contributed by atoms with Crippen LogP contribution in [-0.2, 0) is 0 Å². The first-order chi connectivity index (χ1) is 17.6. The van der Waals surface area contributed by atoms with Crippen LogP contribution < -0.4 is 10.1 Å². The van der Waals surface area contributed by atoms with E-state index in [0.717, 1.165) is 5.56 Å². The summed E-state index contributed by atoms with van der Waals surface area (Å²) in [5.74, 6) is 0.0741. The number of hydrogen-bond acceptors (Lipinski definition) is 9. The summed E-state index contributed by atoms with van der Waals surface area (Å²) in [6.45, 7) is 0. The highest BCUT2D eigenvalue weighted by Crippen LogP contribution is 2.33. The third kappa shape index (κ3) is 4.32. The van der Waals surface area contributed by atoms with Gasteiger partial charge in [-0.2, -0.15) is 15.5 Å². The number of methoxy groups -OCH3 is 1. The number of ether oxygens (including phenoxy) is 1. The van der Waals surface area contributed by atoms with E-state index in [1.165, 1.54) is 24.6 Å². The van der Waals surface area contributed by atoms with Crippen LogP contribution in [0, 0.1) is 22.7 Å². The molecule has 36 heavy (non-hydrogen) atoms. The first-order valence-electron chi connectivity index (χ1n) is 10.6. The molecular weight excluding hydrogens is 474 g/mol. The van der Waals surface area contributed by atoms with Crippen LogP contribution >= 0.6 is 11.3 Å². The Morgan fingerprint density at radius 3 is 2.50 bits per heavy atom. The summed E-state index contributed by atoms with van der Waals surface area (Å²) in [6, 6.07) is 17.8. The molecule has 1 amide bonds. The van der Waals surface area contributed by atoms with Crippen LogP contribution in [0.15, 0.2) is 67.1 Å². The number of nitrogens with one attached hydrogen (secondary N) is 1. The van der Waals surface area contributed by atoms with E-state index >= 15 is 0 Å². The van der Waals surface area contributed by atoms with Crippen molar-refractivity contribution in [3.05, 3.63) is 83.8 Å². The van der Waals surface area contributed by atoms with E-state index in [9.17, 15) is 10.1 Å². The van der Waals surface area contributed by atoms with Gasteiger partial charge in [0.25, 0.3) is 5.91 Å². The molecule has 0 fully saturated rings. The van der Waals surface area contributed by atoms with Crippen LogP contribution in [0.4, 0.5) is 5.13 Å². The zero-order chi connectivity index (χ0) is 25.1. The Labute approximate surface area is 209 Å². The molecule has 172 valence electrons. The Kier molecular flexibility index (Phi) is 6.02. The summed E-state index contributed by atoms with van der Waals surface area (Å²) in [6.07, 6.45) is 4.71. The zero-order valence-electron chi connectivity index (χ0n) is 18.8. The molecule has 0 aliphatic carbocycles. The molecule has 1 N–H and O–H groups in total. The van der Waals surface area contributed by atoms with Crippen molar-refractivity contribution in [2.75, 3.05) is 12.4 Å². The maximum Gasteiger partial charge on any atom is 0.258 e. The van der Waals surface area contributed by atoms with Crippen molar-refractivity contribution >= 4 is 32.9 Å². The number of hydrogen-bond donors (Lipinski definition) is 1. The normalized spacial score (nSPS) is 10.4. The Balaban J connectivity index is 1.44. The third-order valence-corrected chi connectivity index (χ3v) is 6.19. The van der Waals surface area contributed by atoms with Crippen LogP contribution in [-0.4, -0.2) is 33.0 Å². The number of thiazole rings is 1. The molecule has 0 unspecified atom stereocenters. The van der Waals surface area contributed by atoms with Gasteiger partial charge < -0.3 is 4.74 Å². The van der Waals surface area contributed by atoms with Gasteiger partial charge in [-0.25, -0.2) is 9.97 Å². The summed E-state index contributed by atoms with van der Waals surface area (Å²) in [7, 11) is 1.50. The SMILES string of the molecule is COc1cc(C#N)ccc1-c1cnccc1C(=O)Nc1nc2ncc(-c3ccc(C#N)cc3)nc2s1. The number of carbonyl (C=O) groups excluding carboxylic acids is 1. The van der Waals surface area contributed by atoms with Gasteiger partial charge in [-0.1, -0.05) is 23.5 Å². The van der Waals surface area contributed by atoms with Gasteiger partial charge in [-0.3, -0.25) is 15.1 Å². The maximum atomic E-state index is 13.2. The zero-order valence-corrected chi connectivity index (χ0v) is 19.6. The van der Waals surface area contributed by atoms with Crippen molar-refractivity contribution in [1.29, 1.82) is 10.5 Å². The molecule has 0 radical (unpaired) electrons. The summed E-state index contributed by atoms with van der Waals surface area (Å²) >= 11 is 1.21. The molecule has 0 atom stereocenters. The molecule has 0 bridgehead atoms. The van der Waals surface area contributed by atoms with Crippen molar-refractivity contribution in [2.24, 2.45) is 0 Å². The number of aromatic nitrogens is 4. The standard InChI is InChI=1S/C26H15N7O2S/c1-35-22-10-16(12-28)4-7-18(22)20-13-29-9-8-19(20)24(34)33-26-32-23-25(36-26)31-21(14-30-23)17-5-2-15(11-27)3-6-17/h2-10,13-14H,1H3,(H,30,32,33,34). The van der Waals surface area contributed by atoms with E-state index in [-0.39, 0.29) is 5.91 Å². The fourth-order valence-electron chi connectivity index (χ4n) is 3.58. The molecule has 0 saturated carbocycles. The first-order valence-corrected chi connectivity index (χ1v) is 11.4. The second kappa shape index (κ2) is 9.58. The quantitative estimate of drug-likeness (QED) is 0.371. The van der Waals surface area contributed by atoms with Gasteiger partial charge in [0.1, 0.15) is 5.75 Å². The van der Waals surface area contributed by atoms with Crippen molar-refractivity contribution in [3.63, 3.8) is 0 Å². The van der Waals surface area contributed by atoms with Gasteiger partial charge in [0, 0.05) is 29.1 Å². The highest BCUT2D eigenvalue weighted by molar-refractivity contribution is 7.21. The molecule has 5 rings (SSSR count). The Hall–Kier alpha value is -5.19. The number of rotatable bonds is 5. The molecule has 0 spiro atoms. The minimum absolute atomic E-state index is 0.349. The van der Waals surface area contributed by atoms with E-state index in [0.29, 0.717) is 54.9 Å². The summed E-state index contributed by atoms with van der Waals surface area (Å²) in [5, 5.41) is 21.3. The average molecular weight is 490 g/mol. The van der Waals surface area contributed by atoms with E-state index < -0.39 is 0 Å². The van der Waals surface area contributed by atoms with Gasteiger partial charge in [-0.05, 0) is 36.4 Å². The van der Waals surface area contributed by atoms with Crippen molar-refractivity contribution < 1.29 is 9.53 Å². The second-order valence-corrected chi connectivity index (χ2v) is 8.47. The van der Waals surface area contributed by atoms with Crippen molar-refractivity contribution in [3.8, 4) is 40.3 Å². The van der Waals surface area contributed by atoms with E-state index in [1.54, 1.807) is 60.9 Å². The lowest BCUT2D eigenvalue weighted by Gasteiger charge is -2.12. The highest BCUT2D eigenvalue weighted by Gasteiger charge is 2.18. The lowest BCUT2D eigenvalue weighted by atomic mass is 9.99. The second-order valence-electron chi connectivity index (χ2n) is 7.49. The Morgan fingerprint density at radius 1 is 0.972 bits per heavy atom. The maximum absolute atomic E-state index is 13.2. The fourth-order valence-corrected chi connectivity index (χ4v) is 4.38. The number of nitrogens with zero attached hydrogens (tertiary/aromatic N) is 6. The van der Waals surface area contributed by atoms with Gasteiger partial charge in [0.15, 0.2) is 15.6 Å².